The van der Waals surface area contributed by atoms with Crippen LogP contribution in [0.15, 0.2) is 78.2 Å². The van der Waals surface area contributed by atoms with Gasteiger partial charge in [-0.3, -0.25) is 9.47 Å². The summed E-state index contributed by atoms with van der Waals surface area (Å²) in [7, 11) is 1.63. The Balaban J connectivity index is 1.50. The molecule has 0 saturated heterocycles. The Labute approximate surface area is 182 Å². The highest BCUT2D eigenvalue weighted by atomic mass is 32.2. The van der Waals surface area contributed by atoms with Crippen LogP contribution in [0.3, 0.4) is 0 Å². The highest BCUT2D eigenvalue weighted by Crippen LogP contribution is 2.21. The number of thioether (sulfide) groups is 1. The van der Waals surface area contributed by atoms with Crippen molar-refractivity contribution in [2.24, 2.45) is 0 Å². The van der Waals surface area contributed by atoms with Crippen LogP contribution >= 0.6 is 11.8 Å². The number of halogens is 1. The van der Waals surface area contributed by atoms with Crippen LogP contribution in [-0.4, -0.2) is 38.3 Å². The molecule has 0 atom stereocenters. The fourth-order valence-corrected chi connectivity index (χ4v) is 3.76. The van der Waals surface area contributed by atoms with Crippen molar-refractivity contribution in [3.05, 3.63) is 90.3 Å². The number of nitrogens with one attached hydrogen (secondary N) is 1. The second-order valence-corrected chi connectivity index (χ2v) is 7.59. The van der Waals surface area contributed by atoms with E-state index in [-0.39, 0.29) is 11.7 Å². The molecule has 0 bridgehead atoms. The Bertz CT molecular complexity index is 1160. The number of ether oxygens (including phenoxy) is 1. The van der Waals surface area contributed by atoms with Crippen molar-refractivity contribution >= 4 is 23.4 Å². The molecule has 0 fully saturated rings. The summed E-state index contributed by atoms with van der Waals surface area (Å²) in [5, 5.41) is 11.9. The Morgan fingerprint density at radius 1 is 1.10 bits per heavy atom. The smallest absolute Gasteiger partial charge is 0.234 e. The van der Waals surface area contributed by atoms with E-state index in [9.17, 15) is 9.18 Å². The summed E-state index contributed by atoms with van der Waals surface area (Å²) in [4.78, 5) is 12.3. The van der Waals surface area contributed by atoms with Crippen molar-refractivity contribution in [2.45, 2.75) is 11.6 Å². The summed E-state index contributed by atoms with van der Waals surface area (Å²) in [5.74, 6) is 0.972. The molecule has 7 nitrogen and oxygen atoms in total. The number of methoxy groups -OCH3 is 1. The van der Waals surface area contributed by atoms with E-state index in [1.807, 2.05) is 58.1 Å². The monoisotopic (exact) mass is 437 g/mol. The molecule has 0 spiro atoms. The van der Waals surface area contributed by atoms with Gasteiger partial charge in [-0.05, 0) is 48.0 Å². The average Bonchev–Trinajstić information content (AvgIpc) is 3.42. The summed E-state index contributed by atoms with van der Waals surface area (Å²) in [6.07, 6.45) is 4.33. The summed E-state index contributed by atoms with van der Waals surface area (Å²) in [6.45, 7) is 0. The minimum Gasteiger partial charge on any atom is -0.497 e. The van der Waals surface area contributed by atoms with Crippen LogP contribution in [-0.2, 0) is 11.2 Å². The number of carbonyl (C=O) groups is 1. The Kier molecular flexibility index (Phi) is 6.32. The van der Waals surface area contributed by atoms with Crippen molar-refractivity contribution in [3.63, 3.8) is 0 Å². The first kappa shape index (κ1) is 20.7. The van der Waals surface area contributed by atoms with Crippen molar-refractivity contribution in [1.29, 1.82) is 0 Å². The van der Waals surface area contributed by atoms with Crippen LogP contribution in [0.5, 0.6) is 5.75 Å². The van der Waals surface area contributed by atoms with Crippen molar-refractivity contribution in [1.82, 2.24) is 19.5 Å². The number of benzene rings is 2. The molecular formula is C22H20FN5O2S. The van der Waals surface area contributed by atoms with Gasteiger partial charge in [-0.25, -0.2) is 9.07 Å². The summed E-state index contributed by atoms with van der Waals surface area (Å²) in [5.41, 5.74) is 1.47. The van der Waals surface area contributed by atoms with Gasteiger partial charge in [0.1, 0.15) is 11.6 Å². The van der Waals surface area contributed by atoms with Crippen molar-refractivity contribution in [3.8, 4) is 5.75 Å². The highest BCUT2D eigenvalue weighted by molar-refractivity contribution is 7.99. The van der Waals surface area contributed by atoms with Gasteiger partial charge in [0.2, 0.25) is 11.1 Å². The minimum atomic E-state index is -0.402. The molecule has 1 N–H and O–H groups in total. The molecule has 0 aliphatic rings. The maximum absolute atomic E-state index is 13.3. The number of hydrogen-bond donors (Lipinski definition) is 1. The Morgan fingerprint density at radius 3 is 2.58 bits per heavy atom. The molecule has 2 aromatic heterocycles. The highest BCUT2D eigenvalue weighted by Gasteiger charge is 2.16. The first-order chi connectivity index (χ1) is 15.1. The van der Waals surface area contributed by atoms with Gasteiger partial charge >= 0.3 is 0 Å². The minimum absolute atomic E-state index is 0.110. The summed E-state index contributed by atoms with van der Waals surface area (Å²) >= 11 is 1.26. The third-order valence-electron chi connectivity index (χ3n) is 4.46. The van der Waals surface area contributed by atoms with E-state index in [2.05, 4.69) is 15.5 Å². The fourth-order valence-electron chi connectivity index (χ4n) is 3.01. The third-order valence-corrected chi connectivity index (χ3v) is 5.38. The molecule has 0 saturated carbocycles. The quantitative estimate of drug-likeness (QED) is 0.424. The molecule has 0 aliphatic heterocycles. The van der Waals surface area contributed by atoms with Crippen LogP contribution in [0.25, 0.3) is 0 Å². The average molecular weight is 438 g/mol. The third kappa shape index (κ3) is 5.13. The molecule has 0 aliphatic carbocycles. The zero-order chi connectivity index (χ0) is 21.6. The summed E-state index contributed by atoms with van der Waals surface area (Å²) < 4.78 is 22.3. The van der Waals surface area contributed by atoms with Gasteiger partial charge in [0.25, 0.3) is 0 Å². The lowest BCUT2D eigenvalue weighted by Crippen LogP contribution is -2.16. The molecule has 2 aromatic carbocycles. The van der Waals surface area contributed by atoms with Gasteiger partial charge in [-0.15, -0.1) is 10.2 Å². The number of rotatable bonds is 8. The van der Waals surface area contributed by atoms with E-state index in [0.717, 1.165) is 17.1 Å². The first-order valence-corrected chi connectivity index (χ1v) is 10.5. The molecule has 2 heterocycles. The number of carbonyl (C=O) groups excluding carboxylic acids is 1. The summed E-state index contributed by atoms with van der Waals surface area (Å²) in [6, 6.07) is 17.4. The molecule has 0 unspecified atom stereocenters. The number of nitrogens with zero attached hydrogens (tertiary/aromatic N) is 4. The van der Waals surface area contributed by atoms with E-state index in [0.29, 0.717) is 17.3 Å². The maximum atomic E-state index is 13.3. The number of amides is 1. The predicted octanol–water partition coefficient (Wildman–Crippen LogP) is 3.86. The zero-order valence-corrected chi connectivity index (χ0v) is 17.6. The standard InChI is InChI=1S/C22H20FN5O2S/c1-30-19-9-7-16(8-10-19)13-20-25-26-22(28(20)27-11-2-3-12-27)31-15-21(29)24-18-6-4-5-17(23)14-18/h2-12,14H,13,15H2,1H3,(H,24,29). The maximum Gasteiger partial charge on any atom is 0.234 e. The molecule has 158 valence electrons. The van der Waals surface area contributed by atoms with Gasteiger partial charge in [0.05, 0.1) is 12.9 Å². The SMILES string of the molecule is COc1ccc(Cc2nnc(SCC(=O)Nc3cccc(F)c3)n2-n2cccc2)cc1. The lowest BCUT2D eigenvalue weighted by molar-refractivity contribution is -0.113. The molecule has 4 rings (SSSR count). The zero-order valence-electron chi connectivity index (χ0n) is 16.7. The normalized spacial score (nSPS) is 10.8. The van der Waals surface area contributed by atoms with Crippen LogP contribution in [0, 0.1) is 5.82 Å². The lowest BCUT2D eigenvalue weighted by atomic mass is 10.1. The Hall–Kier alpha value is -3.59. The molecule has 9 heteroatoms. The van der Waals surface area contributed by atoms with Gasteiger partial charge in [-0.2, -0.15) is 0 Å². The van der Waals surface area contributed by atoms with Crippen LogP contribution in [0.4, 0.5) is 10.1 Å². The number of aromatic nitrogens is 4. The lowest BCUT2D eigenvalue weighted by Gasteiger charge is -2.11. The largest absolute Gasteiger partial charge is 0.497 e. The molecule has 0 radical (unpaired) electrons. The molecule has 4 aromatic rings. The van der Waals surface area contributed by atoms with Gasteiger partial charge in [0, 0.05) is 24.5 Å². The van der Waals surface area contributed by atoms with E-state index in [4.69, 9.17) is 4.74 Å². The van der Waals surface area contributed by atoms with Crippen LogP contribution in [0.2, 0.25) is 0 Å². The topological polar surface area (TPSA) is 74.0 Å². The fraction of sp³-hybridized carbons (Fsp3) is 0.136. The molecule has 31 heavy (non-hydrogen) atoms. The predicted molar refractivity (Wildman–Crippen MR) is 117 cm³/mol. The van der Waals surface area contributed by atoms with Crippen LogP contribution in [0.1, 0.15) is 11.4 Å². The van der Waals surface area contributed by atoms with Gasteiger partial charge < -0.3 is 10.1 Å². The second kappa shape index (κ2) is 9.48. The van der Waals surface area contributed by atoms with E-state index >= 15 is 0 Å². The van der Waals surface area contributed by atoms with E-state index in [1.165, 1.54) is 23.9 Å². The van der Waals surface area contributed by atoms with Crippen molar-refractivity contribution < 1.29 is 13.9 Å². The number of anilines is 1. The van der Waals surface area contributed by atoms with E-state index < -0.39 is 5.82 Å². The van der Waals surface area contributed by atoms with Gasteiger partial charge in [-0.1, -0.05) is 30.0 Å². The molecule has 1 amide bonds. The van der Waals surface area contributed by atoms with E-state index in [1.54, 1.807) is 19.2 Å². The number of hydrogen-bond acceptors (Lipinski definition) is 5. The van der Waals surface area contributed by atoms with Gasteiger partial charge in [0.15, 0.2) is 5.82 Å². The van der Waals surface area contributed by atoms with Crippen LogP contribution < -0.4 is 10.1 Å². The molecular weight excluding hydrogens is 417 g/mol. The Morgan fingerprint density at radius 2 is 1.87 bits per heavy atom. The first-order valence-electron chi connectivity index (χ1n) is 9.51. The second-order valence-electron chi connectivity index (χ2n) is 6.65. The van der Waals surface area contributed by atoms with Crippen molar-refractivity contribution in [2.75, 3.05) is 18.2 Å².